The predicted octanol–water partition coefficient (Wildman–Crippen LogP) is 3.16. The van der Waals surface area contributed by atoms with Gasteiger partial charge in [0.05, 0.1) is 11.8 Å². The highest BCUT2D eigenvalue weighted by molar-refractivity contribution is 6.00. The van der Waals surface area contributed by atoms with Gasteiger partial charge in [0.2, 0.25) is 0 Å². The van der Waals surface area contributed by atoms with Gasteiger partial charge in [-0.2, -0.15) is 18.3 Å². The summed E-state index contributed by atoms with van der Waals surface area (Å²) in [5.41, 5.74) is 0.581. The minimum Gasteiger partial charge on any atom is -0.337 e. The van der Waals surface area contributed by atoms with E-state index in [4.69, 9.17) is 0 Å². The van der Waals surface area contributed by atoms with E-state index in [2.05, 4.69) is 15.4 Å². The van der Waals surface area contributed by atoms with Crippen molar-refractivity contribution in [2.45, 2.75) is 32.0 Å². The largest absolute Gasteiger partial charge is 0.416 e. The second-order valence-corrected chi connectivity index (χ2v) is 9.38. The maximum atomic E-state index is 13.0. The third kappa shape index (κ3) is 3.66. The molecule has 9 nitrogen and oxygen atoms in total. The van der Waals surface area contributed by atoms with Gasteiger partial charge in [-0.05, 0) is 31.9 Å². The van der Waals surface area contributed by atoms with Crippen molar-refractivity contribution in [3.8, 4) is 0 Å². The average Bonchev–Trinajstić information content (AvgIpc) is 3.27. The molecule has 12 heteroatoms. The van der Waals surface area contributed by atoms with Crippen LogP contribution in [-0.2, 0) is 13.2 Å². The SMILES string of the molecule is Cc1cc(C(F)(F)F)cc(NC(=O)N(C)C2CC3(C2)CN(C(=O)c2cnn4ccn(C)c24)C3)n1. The molecule has 0 aromatic carbocycles. The van der Waals surface area contributed by atoms with Gasteiger partial charge in [-0.15, -0.1) is 0 Å². The van der Waals surface area contributed by atoms with Crippen molar-refractivity contribution in [3.63, 3.8) is 0 Å². The van der Waals surface area contributed by atoms with E-state index in [1.54, 1.807) is 28.9 Å². The zero-order valence-electron chi connectivity index (χ0n) is 18.9. The van der Waals surface area contributed by atoms with Crippen LogP contribution in [0.15, 0.2) is 30.7 Å². The number of fused-ring (bicyclic) bond motifs is 1. The molecule has 0 radical (unpaired) electrons. The number of hydrogen-bond donors (Lipinski definition) is 1. The van der Waals surface area contributed by atoms with Gasteiger partial charge in [-0.25, -0.2) is 14.3 Å². The van der Waals surface area contributed by atoms with Gasteiger partial charge in [0.1, 0.15) is 17.0 Å². The monoisotopic (exact) mass is 475 g/mol. The lowest BCUT2D eigenvalue weighted by atomic mass is 9.60. The number of nitrogens with one attached hydrogen (secondary N) is 1. The van der Waals surface area contributed by atoms with Gasteiger partial charge in [0, 0.05) is 56.7 Å². The van der Waals surface area contributed by atoms with Crippen molar-refractivity contribution in [1.29, 1.82) is 0 Å². The molecule has 180 valence electrons. The van der Waals surface area contributed by atoms with Crippen LogP contribution in [0.2, 0.25) is 0 Å². The first-order valence-electron chi connectivity index (χ1n) is 10.8. The van der Waals surface area contributed by atoms with Gasteiger partial charge in [-0.1, -0.05) is 0 Å². The molecule has 34 heavy (non-hydrogen) atoms. The maximum Gasteiger partial charge on any atom is 0.416 e. The number of likely N-dealkylation sites (tertiary alicyclic amines) is 1. The van der Waals surface area contributed by atoms with E-state index >= 15 is 0 Å². The van der Waals surface area contributed by atoms with Crippen molar-refractivity contribution in [2.24, 2.45) is 12.5 Å². The Bertz CT molecular complexity index is 1280. The Morgan fingerprint density at radius 2 is 1.91 bits per heavy atom. The van der Waals surface area contributed by atoms with E-state index in [1.165, 1.54) is 11.8 Å². The van der Waals surface area contributed by atoms with Crippen LogP contribution in [0.3, 0.4) is 0 Å². The van der Waals surface area contributed by atoms with Crippen molar-refractivity contribution < 1.29 is 22.8 Å². The summed E-state index contributed by atoms with van der Waals surface area (Å²) in [6.07, 6.45) is 2.14. The summed E-state index contributed by atoms with van der Waals surface area (Å²) in [4.78, 5) is 32.8. The fourth-order valence-electron chi connectivity index (χ4n) is 5.01. The second kappa shape index (κ2) is 7.47. The van der Waals surface area contributed by atoms with Crippen LogP contribution < -0.4 is 5.32 Å². The molecule has 1 saturated heterocycles. The Labute approximate surface area is 193 Å². The number of aromatic nitrogens is 4. The van der Waals surface area contributed by atoms with Gasteiger partial charge >= 0.3 is 12.2 Å². The number of amides is 3. The summed E-state index contributed by atoms with van der Waals surface area (Å²) in [5.74, 6) is -0.199. The highest BCUT2D eigenvalue weighted by Crippen LogP contribution is 2.50. The molecular weight excluding hydrogens is 451 g/mol. The van der Waals surface area contributed by atoms with E-state index in [9.17, 15) is 22.8 Å². The van der Waals surface area contributed by atoms with E-state index < -0.39 is 17.8 Å². The second-order valence-electron chi connectivity index (χ2n) is 9.38. The number of aryl methyl sites for hydroxylation is 2. The molecule has 2 aliphatic rings. The zero-order chi connectivity index (χ0) is 24.4. The molecule has 3 aromatic heterocycles. The molecule has 5 rings (SSSR count). The van der Waals surface area contributed by atoms with Crippen LogP contribution in [-0.4, -0.2) is 67.1 Å². The maximum absolute atomic E-state index is 13.0. The lowest BCUT2D eigenvalue weighted by molar-refractivity contribution is -0.137. The number of pyridine rings is 1. The molecule has 1 aliphatic heterocycles. The number of halogens is 3. The summed E-state index contributed by atoms with van der Waals surface area (Å²) in [6.45, 7) is 2.66. The third-order valence-electron chi connectivity index (χ3n) is 6.83. The lowest BCUT2D eigenvalue weighted by Crippen LogP contribution is -2.67. The Hall–Kier alpha value is -3.57. The number of carbonyl (C=O) groups is 2. The first-order valence-corrected chi connectivity index (χ1v) is 10.8. The molecule has 0 bridgehead atoms. The minimum atomic E-state index is -4.52. The van der Waals surface area contributed by atoms with Gasteiger partial charge in [0.25, 0.3) is 5.91 Å². The quantitative estimate of drug-likeness (QED) is 0.631. The molecule has 3 aromatic rings. The molecule has 0 unspecified atom stereocenters. The molecule has 1 N–H and O–H groups in total. The molecule has 1 aliphatic carbocycles. The highest BCUT2D eigenvalue weighted by Gasteiger charge is 2.55. The molecular formula is C22H24F3N7O2. The van der Waals surface area contributed by atoms with Crippen molar-refractivity contribution in [2.75, 3.05) is 25.5 Å². The third-order valence-corrected chi connectivity index (χ3v) is 6.83. The number of urea groups is 1. The zero-order valence-corrected chi connectivity index (χ0v) is 18.9. The van der Waals surface area contributed by atoms with E-state index in [0.29, 0.717) is 18.7 Å². The van der Waals surface area contributed by atoms with Crippen molar-refractivity contribution >= 4 is 23.4 Å². The Morgan fingerprint density at radius 1 is 1.21 bits per heavy atom. The number of anilines is 1. The number of alkyl halides is 3. The number of rotatable bonds is 3. The Kier molecular flexibility index (Phi) is 4.88. The molecule has 1 saturated carbocycles. The van der Waals surface area contributed by atoms with E-state index in [1.807, 2.05) is 17.8 Å². The summed E-state index contributed by atoms with van der Waals surface area (Å²) in [7, 11) is 3.48. The van der Waals surface area contributed by atoms with E-state index in [-0.39, 0.29) is 28.9 Å². The highest BCUT2D eigenvalue weighted by atomic mass is 19.4. The van der Waals surface area contributed by atoms with Crippen molar-refractivity contribution in [1.82, 2.24) is 29.0 Å². The minimum absolute atomic E-state index is 0.0274. The normalized spacial score (nSPS) is 17.5. The summed E-state index contributed by atoms with van der Waals surface area (Å²) >= 11 is 0. The molecule has 1 spiro atoms. The predicted molar refractivity (Wildman–Crippen MR) is 116 cm³/mol. The van der Waals surface area contributed by atoms with Crippen molar-refractivity contribution in [3.05, 3.63) is 47.5 Å². The number of nitrogens with zero attached hydrogens (tertiary/aromatic N) is 6. The fraction of sp³-hybridized carbons (Fsp3) is 0.455. The van der Waals surface area contributed by atoms with Gasteiger partial charge < -0.3 is 14.4 Å². The standard InChI is InChI=1S/C22H24F3N7O2/c1-13-6-14(22(23,24)25)7-17(27-13)28-20(34)30(3)15-8-21(9-15)11-31(12-21)19(33)16-10-26-32-5-4-29(2)18(16)32/h4-7,10,15H,8-9,11-12H2,1-3H3,(H,27,28,34). The van der Waals surface area contributed by atoms with Gasteiger partial charge in [-0.3, -0.25) is 10.1 Å². The van der Waals surface area contributed by atoms with Crippen LogP contribution >= 0.6 is 0 Å². The van der Waals surface area contributed by atoms with Crippen LogP contribution in [0, 0.1) is 12.3 Å². The Morgan fingerprint density at radius 3 is 2.59 bits per heavy atom. The van der Waals surface area contributed by atoms with Crippen LogP contribution in [0.1, 0.15) is 34.5 Å². The smallest absolute Gasteiger partial charge is 0.337 e. The first kappa shape index (κ1) is 22.2. The molecule has 3 amide bonds. The number of carbonyl (C=O) groups excluding carboxylic acids is 2. The van der Waals surface area contributed by atoms with Crippen LogP contribution in [0.5, 0.6) is 0 Å². The van der Waals surface area contributed by atoms with E-state index in [0.717, 1.165) is 30.6 Å². The molecule has 4 heterocycles. The molecule has 0 atom stereocenters. The fourth-order valence-corrected chi connectivity index (χ4v) is 5.01. The van der Waals surface area contributed by atoms with Gasteiger partial charge in [0.15, 0.2) is 0 Å². The number of hydrogen-bond acceptors (Lipinski definition) is 4. The van der Waals surface area contributed by atoms with Crippen LogP contribution in [0.4, 0.5) is 23.8 Å². The average molecular weight is 475 g/mol. The summed E-state index contributed by atoms with van der Waals surface area (Å²) in [6, 6.07) is 1.20. The number of imidazole rings is 1. The lowest BCUT2D eigenvalue weighted by Gasteiger charge is -2.60. The topological polar surface area (TPSA) is 87.8 Å². The molecule has 2 fully saturated rings. The first-order chi connectivity index (χ1) is 16.0. The van der Waals surface area contributed by atoms with Crippen LogP contribution in [0.25, 0.3) is 5.65 Å². The summed E-state index contributed by atoms with van der Waals surface area (Å²) in [5, 5.41) is 6.69. The summed E-state index contributed by atoms with van der Waals surface area (Å²) < 4.78 is 42.6. The Balaban J connectivity index is 1.17.